The Morgan fingerprint density at radius 2 is 1.68 bits per heavy atom. The van der Waals surface area contributed by atoms with Crippen molar-refractivity contribution in [1.82, 2.24) is 0 Å². The average molecular weight is 517 g/mol. The van der Waals surface area contributed by atoms with Gasteiger partial charge in [-0.1, -0.05) is 13.8 Å². The zero-order valence-electron chi connectivity index (χ0n) is 21.0. The largest absolute Gasteiger partial charge is 0.507 e. The van der Waals surface area contributed by atoms with Crippen LogP contribution in [0, 0.1) is 5.92 Å². The Morgan fingerprint density at radius 1 is 1.00 bits per heavy atom. The Hall–Kier alpha value is -3.31. The summed E-state index contributed by atoms with van der Waals surface area (Å²) in [7, 11) is 1.51. The lowest BCUT2D eigenvalue weighted by molar-refractivity contribution is -0.268. The summed E-state index contributed by atoms with van der Waals surface area (Å²) >= 11 is 0. The Labute approximate surface area is 213 Å². The first-order valence-electron chi connectivity index (χ1n) is 12.1. The topological polar surface area (TPSA) is 159 Å². The van der Waals surface area contributed by atoms with Crippen LogP contribution in [0.1, 0.15) is 32.8 Å². The summed E-state index contributed by atoms with van der Waals surface area (Å²) < 4.78 is 22.7. The van der Waals surface area contributed by atoms with Crippen LogP contribution in [0.2, 0.25) is 0 Å². The van der Waals surface area contributed by atoms with Crippen molar-refractivity contribution in [2.45, 2.75) is 64.3 Å². The molecule has 0 amide bonds. The lowest BCUT2D eigenvalue weighted by atomic mass is 9.98. The zero-order chi connectivity index (χ0) is 27.0. The summed E-state index contributed by atoms with van der Waals surface area (Å²) in [6.45, 7) is 5.53. The smallest absolute Gasteiger partial charge is 0.239 e. The van der Waals surface area contributed by atoms with E-state index >= 15 is 0 Å². The fraction of sp³-hybridized carbons (Fsp3) is 0.444. The highest BCUT2D eigenvalue weighted by Gasteiger charge is 2.44. The Kier molecular flexibility index (Phi) is 7.65. The van der Waals surface area contributed by atoms with Crippen molar-refractivity contribution in [3.8, 4) is 34.3 Å². The number of aliphatic hydroxyl groups excluding tert-OH is 3. The fourth-order valence-corrected chi connectivity index (χ4v) is 4.31. The molecule has 10 heteroatoms. The van der Waals surface area contributed by atoms with Crippen LogP contribution in [0.5, 0.6) is 23.0 Å². The van der Waals surface area contributed by atoms with Crippen molar-refractivity contribution in [2.24, 2.45) is 5.92 Å². The molecule has 200 valence electrons. The van der Waals surface area contributed by atoms with Gasteiger partial charge < -0.3 is 44.2 Å². The van der Waals surface area contributed by atoms with E-state index < -0.39 is 41.9 Å². The van der Waals surface area contributed by atoms with Gasteiger partial charge in [0, 0.05) is 17.2 Å². The van der Waals surface area contributed by atoms with Gasteiger partial charge in [-0.05, 0) is 49.9 Å². The molecule has 4 rings (SSSR count). The van der Waals surface area contributed by atoms with Crippen LogP contribution >= 0.6 is 0 Å². The SMILES string of the molecule is COc1ccc(-c2oc3c(CCC(C)C)c(O)cc(O)c3c(=O)c2O[C@@H]2O[C@H](C)[C@H](O)[C@@H](O)[C@H]2O)cc1. The second-order valence-corrected chi connectivity index (χ2v) is 9.65. The van der Waals surface area contributed by atoms with Gasteiger partial charge in [-0.2, -0.15) is 0 Å². The molecule has 0 aliphatic carbocycles. The number of ether oxygens (including phenoxy) is 3. The van der Waals surface area contributed by atoms with E-state index in [1.54, 1.807) is 24.3 Å². The van der Waals surface area contributed by atoms with E-state index in [-0.39, 0.29) is 28.2 Å². The third kappa shape index (κ3) is 5.10. The van der Waals surface area contributed by atoms with E-state index in [9.17, 15) is 30.3 Å². The molecule has 1 aliphatic rings. The lowest BCUT2D eigenvalue weighted by Crippen LogP contribution is -2.58. The standard InChI is InChI=1S/C27H32O10/c1-12(2)5-10-16-17(28)11-18(29)19-21(31)26(37-27-23(33)22(32)20(30)13(3)35-27)24(36-25(16)19)14-6-8-15(34-4)9-7-14/h6-9,11-13,20,22-23,27-30,32-33H,5,10H2,1-4H3/t13-,20+,22-,23-,27+/m1/s1. The van der Waals surface area contributed by atoms with Crippen molar-refractivity contribution >= 4 is 11.0 Å². The van der Waals surface area contributed by atoms with Crippen LogP contribution in [0.4, 0.5) is 0 Å². The van der Waals surface area contributed by atoms with E-state index in [0.717, 1.165) is 6.07 Å². The zero-order valence-corrected chi connectivity index (χ0v) is 21.0. The Balaban J connectivity index is 1.94. The molecular formula is C27H32O10. The number of methoxy groups -OCH3 is 1. The number of fused-ring (bicyclic) bond motifs is 1. The van der Waals surface area contributed by atoms with Crippen molar-refractivity contribution in [3.63, 3.8) is 0 Å². The lowest BCUT2D eigenvalue weighted by Gasteiger charge is -2.38. The maximum absolute atomic E-state index is 13.8. The predicted octanol–water partition coefficient (Wildman–Crippen LogP) is 2.67. The molecule has 0 bridgehead atoms. The first-order valence-corrected chi connectivity index (χ1v) is 12.1. The molecule has 10 nitrogen and oxygen atoms in total. The quantitative estimate of drug-likeness (QED) is 0.316. The second-order valence-electron chi connectivity index (χ2n) is 9.65. The molecule has 0 radical (unpaired) electrons. The molecule has 0 unspecified atom stereocenters. The summed E-state index contributed by atoms with van der Waals surface area (Å²) in [4.78, 5) is 13.8. The number of phenolic OH excluding ortho intramolecular Hbond substituents is 2. The number of benzene rings is 2. The highest BCUT2D eigenvalue weighted by atomic mass is 16.7. The van der Waals surface area contributed by atoms with Crippen molar-refractivity contribution in [1.29, 1.82) is 0 Å². The van der Waals surface area contributed by atoms with E-state index in [1.165, 1.54) is 14.0 Å². The number of rotatable bonds is 7. The predicted molar refractivity (Wildman–Crippen MR) is 134 cm³/mol. The molecule has 1 aliphatic heterocycles. The van der Waals surface area contributed by atoms with Crippen LogP contribution in [0.25, 0.3) is 22.3 Å². The third-order valence-corrected chi connectivity index (χ3v) is 6.55. The van der Waals surface area contributed by atoms with Gasteiger partial charge in [0.1, 0.15) is 46.5 Å². The van der Waals surface area contributed by atoms with Crippen LogP contribution in [-0.2, 0) is 11.2 Å². The number of aromatic hydroxyl groups is 2. The van der Waals surface area contributed by atoms with Gasteiger partial charge in [0.05, 0.1) is 13.2 Å². The minimum atomic E-state index is -1.68. The molecule has 2 heterocycles. The molecule has 5 atom stereocenters. The highest BCUT2D eigenvalue weighted by molar-refractivity contribution is 5.91. The van der Waals surface area contributed by atoms with E-state index in [4.69, 9.17) is 18.6 Å². The summed E-state index contributed by atoms with van der Waals surface area (Å²) in [5.74, 6) is -0.283. The van der Waals surface area contributed by atoms with Gasteiger partial charge in [0.2, 0.25) is 17.5 Å². The van der Waals surface area contributed by atoms with Crippen molar-refractivity contribution in [2.75, 3.05) is 7.11 Å². The molecule has 1 fully saturated rings. The average Bonchev–Trinajstić information content (AvgIpc) is 2.86. The molecular weight excluding hydrogens is 484 g/mol. The first-order chi connectivity index (χ1) is 17.5. The molecule has 5 N–H and O–H groups in total. The normalized spacial score (nSPS) is 23.9. The molecule has 0 saturated carbocycles. The van der Waals surface area contributed by atoms with Crippen molar-refractivity contribution < 1.29 is 44.2 Å². The van der Waals surface area contributed by atoms with Crippen LogP contribution in [-0.4, -0.2) is 63.3 Å². The van der Waals surface area contributed by atoms with Gasteiger partial charge in [-0.25, -0.2) is 0 Å². The highest BCUT2D eigenvalue weighted by Crippen LogP contribution is 2.40. The Bertz CT molecular complexity index is 1310. The number of aryl methyl sites for hydroxylation is 1. The van der Waals surface area contributed by atoms with Gasteiger partial charge in [0.15, 0.2) is 5.76 Å². The second kappa shape index (κ2) is 10.6. The molecule has 1 aromatic heterocycles. The van der Waals surface area contributed by atoms with E-state index in [1.807, 2.05) is 13.8 Å². The summed E-state index contributed by atoms with van der Waals surface area (Å²) in [5.41, 5.74) is 0.0158. The third-order valence-electron chi connectivity index (χ3n) is 6.55. The van der Waals surface area contributed by atoms with E-state index in [0.29, 0.717) is 35.6 Å². The maximum Gasteiger partial charge on any atom is 0.239 e. The van der Waals surface area contributed by atoms with E-state index in [2.05, 4.69) is 0 Å². The monoisotopic (exact) mass is 516 g/mol. The minimum Gasteiger partial charge on any atom is -0.507 e. The molecule has 0 spiro atoms. The number of phenols is 2. The van der Waals surface area contributed by atoms with Crippen LogP contribution < -0.4 is 14.9 Å². The van der Waals surface area contributed by atoms with Gasteiger partial charge in [0.25, 0.3) is 0 Å². The first kappa shape index (κ1) is 26.7. The molecule has 37 heavy (non-hydrogen) atoms. The van der Waals surface area contributed by atoms with Crippen molar-refractivity contribution in [3.05, 3.63) is 46.1 Å². The molecule has 2 aromatic carbocycles. The van der Waals surface area contributed by atoms with Crippen LogP contribution in [0.3, 0.4) is 0 Å². The molecule has 1 saturated heterocycles. The molecule has 3 aromatic rings. The minimum absolute atomic E-state index is 0.00949. The van der Waals surface area contributed by atoms with Gasteiger partial charge in [-0.15, -0.1) is 0 Å². The number of aliphatic hydroxyl groups is 3. The summed E-state index contributed by atoms with van der Waals surface area (Å²) in [6, 6.07) is 7.64. The van der Waals surface area contributed by atoms with Gasteiger partial charge in [-0.3, -0.25) is 4.79 Å². The summed E-state index contributed by atoms with van der Waals surface area (Å²) in [5, 5.41) is 51.7. The Morgan fingerprint density at radius 3 is 2.30 bits per heavy atom. The summed E-state index contributed by atoms with van der Waals surface area (Å²) in [6.07, 6.45) is -5.98. The number of hydrogen-bond donors (Lipinski definition) is 5. The van der Waals surface area contributed by atoms with Gasteiger partial charge >= 0.3 is 0 Å². The van der Waals surface area contributed by atoms with Crippen LogP contribution in [0.15, 0.2) is 39.5 Å². The number of hydrogen-bond acceptors (Lipinski definition) is 10. The maximum atomic E-state index is 13.8. The fourth-order valence-electron chi connectivity index (χ4n) is 4.31.